The number of amides is 1. The predicted molar refractivity (Wildman–Crippen MR) is 126 cm³/mol. The number of pyridine rings is 1. The average Bonchev–Trinajstić information content (AvgIpc) is 3.33. The van der Waals surface area contributed by atoms with Gasteiger partial charge in [-0.25, -0.2) is 8.42 Å². The largest absolute Gasteiger partial charge is 0.340 e. The van der Waals surface area contributed by atoms with Crippen LogP contribution < -0.4 is 0 Å². The Balaban J connectivity index is 1.13. The fourth-order valence-electron chi connectivity index (χ4n) is 5.34. The van der Waals surface area contributed by atoms with Crippen LogP contribution in [0.5, 0.6) is 0 Å². The molecule has 0 unspecified atom stereocenters. The molecule has 0 spiro atoms. The third-order valence-electron chi connectivity index (χ3n) is 7.32. The van der Waals surface area contributed by atoms with Gasteiger partial charge in [-0.3, -0.25) is 14.7 Å². The van der Waals surface area contributed by atoms with Gasteiger partial charge in [-0.2, -0.15) is 4.31 Å². The molecule has 33 heavy (non-hydrogen) atoms. The molecule has 0 saturated carbocycles. The quantitative estimate of drug-likeness (QED) is 0.673. The highest BCUT2D eigenvalue weighted by Crippen LogP contribution is 2.29. The van der Waals surface area contributed by atoms with Crippen LogP contribution in [0.3, 0.4) is 0 Å². The van der Waals surface area contributed by atoms with Gasteiger partial charge in [0.05, 0.1) is 4.90 Å². The molecule has 2 aliphatic heterocycles. The van der Waals surface area contributed by atoms with E-state index in [1.54, 1.807) is 16.6 Å². The monoisotopic (exact) mass is 468 g/mol. The van der Waals surface area contributed by atoms with E-state index in [0.717, 1.165) is 52.0 Å². The number of hydrogen-bond acceptors (Lipinski definition) is 5. The van der Waals surface area contributed by atoms with E-state index in [-0.39, 0.29) is 11.8 Å². The Morgan fingerprint density at radius 1 is 0.970 bits per heavy atom. The van der Waals surface area contributed by atoms with E-state index in [9.17, 15) is 13.2 Å². The number of sulfonamides is 1. The van der Waals surface area contributed by atoms with Crippen molar-refractivity contribution in [3.8, 4) is 0 Å². The second-order valence-corrected chi connectivity index (χ2v) is 11.4. The van der Waals surface area contributed by atoms with Gasteiger partial charge in [0, 0.05) is 64.1 Å². The van der Waals surface area contributed by atoms with Crippen LogP contribution in [0.4, 0.5) is 0 Å². The minimum Gasteiger partial charge on any atom is -0.340 e. The number of benzene rings is 1. The van der Waals surface area contributed by atoms with E-state index < -0.39 is 10.0 Å². The Morgan fingerprint density at radius 2 is 1.73 bits per heavy atom. The molecule has 0 N–H and O–H groups in total. The summed E-state index contributed by atoms with van der Waals surface area (Å²) in [5, 5.41) is 0. The smallest absolute Gasteiger partial charge is 0.243 e. The van der Waals surface area contributed by atoms with E-state index in [2.05, 4.69) is 16.0 Å². The maximum absolute atomic E-state index is 13.2. The van der Waals surface area contributed by atoms with E-state index in [1.807, 2.05) is 29.3 Å². The van der Waals surface area contributed by atoms with Crippen molar-refractivity contribution >= 4 is 15.9 Å². The fourth-order valence-corrected chi connectivity index (χ4v) is 6.86. The van der Waals surface area contributed by atoms with Crippen molar-refractivity contribution < 1.29 is 13.2 Å². The zero-order valence-electron chi connectivity index (χ0n) is 19.0. The number of fused-ring (bicyclic) bond motifs is 1. The maximum Gasteiger partial charge on any atom is 0.243 e. The summed E-state index contributed by atoms with van der Waals surface area (Å²) < 4.78 is 27.9. The van der Waals surface area contributed by atoms with Gasteiger partial charge in [-0.05, 0) is 67.0 Å². The van der Waals surface area contributed by atoms with Crippen LogP contribution in [0.1, 0.15) is 36.0 Å². The van der Waals surface area contributed by atoms with Crippen molar-refractivity contribution in [3.63, 3.8) is 0 Å². The molecule has 0 atom stereocenters. The summed E-state index contributed by atoms with van der Waals surface area (Å²) in [5.41, 5.74) is 3.64. The highest BCUT2D eigenvalue weighted by molar-refractivity contribution is 7.89. The van der Waals surface area contributed by atoms with Crippen molar-refractivity contribution in [1.82, 2.24) is 19.1 Å². The van der Waals surface area contributed by atoms with Gasteiger partial charge < -0.3 is 4.90 Å². The molecule has 1 aliphatic carbocycles. The molecule has 0 radical (unpaired) electrons. The minimum atomic E-state index is -3.50. The zero-order valence-corrected chi connectivity index (χ0v) is 19.8. The minimum absolute atomic E-state index is 0.0821. The fraction of sp³-hybridized carbons (Fsp3) is 0.520. The first kappa shape index (κ1) is 22.5. The Labute approximate surface area is 196 Å². The molecule has 176 valence electrons. The van der Waals surface area contributed by atoms with Crippen molar-refractivity contribution in [3.05, 3.63) is 59.4 Å². The van der Waals surface area contributed by atoms with Gasteiger partial charge >= 0.3 is 0 Å². The molecule has 7 nitrogen and oxygen atoms in total. The normalized spacial score (nSPS) is 20.7. The van der Waals surface area contributed by atoms with E-state index in [0.29, 0.717) is 30.8 Å². The number of aromatic nitrogens is 1. The summed E-state index contributed by atoms with van der Waals surface area (Å²) in [5.74, 6) is 0.104. The maximum atomic E-state index is 13.2. The van der Waals surface area contributed by atoms with E-state index in [4.69, 9.17) is 0 Å². The SMILES string of the molecule is O=C(C1CCN(S(=O)(=O)c2ccc3c(c2)CCC3)CC1)N1CCN(Cc2cccnc2)CC1. The molecule has 2 aromatic rings. The lowest BCUT2D eigenvalue weighted by Crippen LogP contribution is -2.51. The number of rotatable bonds is 5. The molecule has 2 saturated heterocycles. The molecular formula is C25H32N4O3S. The highest BCUT2D eigenvalue weighted by atomic mass is 32.2. The molecule has 3 aliphatic rings. The second-order valence-electron chi connectivity index (χ2n) is 9.43. The molecule has 3 heterocycles. The van der Waals surface area contributed by atoms with Gasteiger partial charge in [0.15, 0.2) is 0 Å². The summed E-state index contributed by atoms with van der Waals surface area (Å²) in [7, 11) is -3.50. The molecule has 1 aromatic heterocycles. The van der Waals surface area contributed by atoms with Gasteiger partial charge in [0.2, 0.25) is 15.9 Å². The lowest BCUT2D eigenvalue weighted by atomic mass is 9.96. The van der Waals surface area contributed by atoms with Gasteiger partial charge in [0.1, 0.15) is 0 Å². The van der Waals surface area contributed by atoms with Gasteiger partial charge in [-0.15, -0.1) is 0 Å². The number of piperazine rings is 1. The summed E-state index contributed by atoms with van der Waals surface area (Å²) in [4.78, 5) is 22.0. The second kappa shape index (κ2) is 9.52. The number of hydrogen-bond donors (Lipinski definition) is 0. The molecule has 8 heteroatoms. The number of aryl methyl sites for hydroxylation is 2. The lowest BCUT2D eigenvalue weighted by Gasteiger charge is -2.38. The average molecular weight is 469 g/mol. The Morgan fingerprint density at radius 3 is 2.45 bits per heavy atom. The molecular weight excluding hydrogens is 436 g/mol. The molecule has 0 bridgehead atoms. The topological polar surface area (TPSA) is 73.8 Å². The lowest BCUT2D eigenvalue weighted by molar-refractivity contribution is -0.138. The van der Waals surface area contributed by atoms with Crippen LogP contribution in [-0.2, 0) is 34.2 Å². The molecule has 1 amide bonds. The first-order valence-electron chi connectivity index (χ1n) is 12.0. The van der Waals surface area contributed by atoms with Crippen molar-refractivity contribution in [2.45, 2.75) is 43.5 Å². The molecule has 1 aromatic carbocycles. The van der Waals surface area contributed by atoms with E-state index in [1.165, 1.54) is 16.7 Å². The first-order valence-corrected chi connectivity index (χ1v) is 13.5. The van der Waals surface area contributed by atoms with Crippen LogP contribution in [-0.4, -0.2) is 72.7 Å². The summed E-state index contributed by atoms with van der Waals surface area (Å²) >= 11 is 0. The highest BCUT2D eigenvalue weighted by Gasteiger charge is 2.35. The van der Waals surface area contributed by atoms with Crippen molar-refractivity contribution in [1.29, 1.82) is 0 Å². The number of piperidine rings is 1. The Kier molecular flexibility index (Phi) is 6.49. The van der Waals surface area contributed by atoms with E-state index >= 15 is 0 Å². The van der Waals surface area contributed by atoms with Crippen molar-refractivity contribution in [2.75, 3.05) is 39.3 Å². The number of carbonyl (C=O) groups excluding carboxylic acids is 1. The van der Waals surface area contributed by atoms with Crippen LogP contribution in [0.15, 0.2) is 47.6 Å². The number of carbonyl (C=O) groups is 1. The van der Waals surface area contributed by atoms with Crippen LogP contribution in [0.25, 0.3) is 0 Å². The third-order valence-corrected chi connectivity index (χ3v) is 9.22. The Bertz CT molecular complexity index is 1090. The van der Waals surface area contributed by atoms with Gasteiger partial charge in [0.25, 0.3) is 0 Å². The van der Waals surface area contributed by atoms with Crippen molar-refractivity contribution in [2.24, 2.45) is 5.92 Å². The molecule has 2 fully saturated rings. The summed E-state index contributed by atoms with van der Waals surface area (Å²) in [6.45, 7) is 4.85. The summed E-state index contributed by atoms with van der Waals surface area (Å²) in [6, 6.07) is 9.61. The van der Waals surface area contributed by atoms with Gasteiger partial charge in [-0.1, -0.05) is 12.1 Å². The predicted octanol–water partition coefficient (Wildman–Crippen LogP) is 2.32. The third kappa shape index (κ3) is 4.83. The van der Waals surface area contributed by atoms with Crippen LogP contribution in [0.2, 0.25) is 0 Å². The van der Waals surface area contributed by atoms with Crippen LogP contribution >= 0.6 is 0 Å². The number of nitrogens with zero attached hydrogens (tertiary/aromatic N) is 4. The molecule has 5 rings (SSSR count). The summed E-state index contributed by atoms with van der Waals surface area (Å²) in [6.07, 6.45) is 7.97. The Hall–Kier alpha value is -2.29. The standard InChI is InChI=1S/C25H32N4O3S/c30-25(28-15-13-27(14-16-28)19-20-3-2-10-26-18-20)22-8-11-29(12-9-22)33(31,32)24-7-6-21-4-1-5-23(21)17-24/h2-3,6-7,10,17-18,22H,1,4-5,8-9,11-16,19H2. The van der Waals surface area contributed by atoms with Crippen LogP contribution in [0, 0.1) is 5.92 Å². The zero-order chi connectivity index (χ0) is 22.8. The first-order chi connectivity index (χ1) is 16.0.